The van der Waals surface area contributed by atoms with Crippen LogP contribution in [0, 0.1) is 43.3 Å². The van der Waals surface area contributed by atoms with Crippen LogP contribution in [-0.2, 0) is 4.12 Å². The van der Waals surface area contributed by atoms with E-state index in [9.17, 15) is 0 Å². The third kappa shape index (κ3) is 30.9. The number of ether oxygens (including phenoxy) is 8. The predicted molar refractivity (Wildman–Crippen MR) is 427 cm³/mol. The van der Waals surface area contributed by atoms with E-state index in [1.54, 1.807) is 0 Å². The Balaban J connectivity index is 2.62. The van der Waals surface area contributed by atoms with E-state index in [0.717, 1.165) is 72.1 Å². The maximum Gasteiger partial charge on any atom is 0.280 e. The molecule has 4 rings (SSSR count). The molecule has 0 aromatic heterocycles. The molecule has 0 amide bonds. The zero-order valence-electron chi connectivity index (χ0n) is 71.3. The fourth-order valence-electron chi connectivity index (χ4n) is 16.9. The summed E-state index contributed by atoms with van der Waals surface area (Å²) in [6.45, 7) is 90.0. The molecule has 2 radical (unpaired) electrons. The fourth-order valence-corrected chi connectivity index (χ4v) is 22.6. The molecular weight excluding hydrogens is 1260 g/mol. The van der Waals surface area contributed by atoms with Crippen molar-refractivity contribution in [2.75, 3.05) is 0 Å². The van der Waals surface area contributed by atoms with Gasteiger partial charge in [-0.2, -0.15) is 0 Å². The second-order valence-corrected chi connectivity index (χ2v) is 48.4. The van der Waals surface area contributed by atoms with Gasteiger partial charge in [-0.3, -0.25) is 0 Å². The second kappa shape index (κ2) is 30.4. The first-order valence-corrected chi connectivity index (χ1v) is 40.1. The van der Waals surface area contributed by atoms with Gasteiger partial charge in [0.05, 0.1) is 0 Å². The highest BCUT2D eigenvalue weighted by Gasteiger charge is 2.45. The average molecular weight is 1410 g/mol. The SMILES string of the molecule is CC(C)(C)CC(C)(C)Oc1cccc([Si](O[Si](c2cccc(OC(C)(C)CC(C)(C)C)c2OC(C)(C)CC(C)(C)C)c2cccc(OC(C)(C)CC(C)(C)C)c2OC(C)(C)CC(C)(C)C)c2cccc(OC(C)(C)CC(C)(C)C)c2OC(C)(C)CC(C)(C)C)c1OC(C)(C)CC(C)(C)C. The molecule has 0 saturated heterocycles. The first kappa shape index (κ1) is 87.1. The van der Waals surface area contributed by atoms with Gasteiger partial charge in [0, 0.05) is 20.7 Å². The molecule has 0 saturated carbocycles. The number of rotatable bonds is 30. The number of para-hydroxylation sites is 4. The van der Waals surface area contributed by atoms with Gasteiger partial charge in [0.25, 0.3) is 18.1 Å². The van der Waals surface area contributed by atoms with Gasteiger partial charge >= 0.3 is 0 Å². The van der Waals surface area contributed by atoms with Gasteiger partial charge in [-0.25, -0.2) is 0 Å². The number of hydrogen-bond donors (Lipinski definition) is 0. The van der Waals surface area contributed by atoms with Crippen LogP contribution in [0.2, 0.25) is 0 Å². The van der Waals surface area contributed by atoms with E-state index < -0.39 is 62.9 Å². The Morgan fingerprint density at radius 1 is 0.192 bits per heavy atom. The number of benzene rings is 4. The van der Waals surface area contributed by atoms with Crippen LogP contribution >= 0.6 is 0 Å². The fraction of sp³-hybridized carbons (Fsp3) is 0.727. The van der Waals surface area contributed by atoms with Gasteiger partial charge < -0.3 is 42.0 Å². The standard InChI is InChI=1S/C88H148O9Si2/c1-73(2,3)53-81(25,26)89-61-45-41-49-65(69(61)93-85(33,34)57-77(13,14)15)98(66-50-42-46-62(90-82(27,28)54-74(4,5)6)70(66)94-86(35,36)58-78(16,17)18)97-99(67-51-43-47-63(91-83(29,30)55-75(7,8)9)71(67)95-87(37,38)59-79(19,20)21)68-52-44-48-64(92-84(31,32)56-76(10,11)12)72(68)96-88(39,40)60-80(22,23)24/h41-52H,53-60H2,1-40H3. The van der Waals surface area contributed by atoms with Crippen LogP contribution in [0.1, 0.15) is 328 Å². The molecule has 9 nitrogen and oxygen atoms in total. The Labute approximate surface area is 612 Å². The minimum absolute atomic E-state index is 0.0563. The Hall–Kier alpha value is -4.33. The van der Waals surface area contributed by atoms with Crippen molar-refractivity contribution in [3.8, 4) is 46.0 Å². The Kier molecular flexibility index (Phi) is 26.7. The molecule has 0 heterocycles. The third-order valence-corrected chi connectivity index (χ3v) is 21.0. The molecule has 0 fully saturated rings. The monoisotopic (exact) mass is 1410 g/mol. The average Bonchev–Trinajstić information content (AvgIpc) is 0.754. The maximum absolute atomic E-state index is 8.94. The first-order valence-electron chi connectivity index (χ1n) is 37.3. The zero-order chi connectivity index (χ0) is 76.6. The lowest BCUT2D eigenvalue weighted by Crippen LogP contribution is -2.58. The Morgan fingerprint density at radius 2 is 0.323 bits per heavy atom. The molecule has 0 aliphatic rings. The zero-order valence-corrected chi connectivity index (χ0v) is 73.3. The van der Waals surface area contributed by atoms with E-state index >= 15 is 0 Å². The Bertz CT molecular complexity index is 2830. The van der Waals surface area contributed by atoms with Crippen molar-refractivity contribution < 1.29 is 42.0 Å². The summed E-state index contributed by atoms with van der Waals surface area (Å²) in [6, 6.07) is 25.8. The van der Waals surface area contributed by atoms with Crippen molar-refractivity contribution in [2.24, 2.45) is 43.3 Å². The van der Waals surface area contributed by atoms with Gasteiger partial charge in [0.2, 0.25) is 0 Å². The number of hydrogen-bond acceptors (Lipinski definition) is 9. The van der Waals surface area contributed by atoms with Gasteiger partial charge in [-0.1, -0.05) is 215 Å². The molecule has 0 atom stereocenters. The summed E-state index contributed by atoms with van der Waals surface area (Å²) in [5, 5.41) is 3.45. The van der Waals surface area contributed by atoms with E-state index in [1.807, 2.05) is 0 Å². The summed E-state index contributed by atoms with van der Waals surface area (Å²) < 4.78 is 70.5. The van der Waals surface area contributed by atoms with E-state index in [0.29, 0.717) is 46.0 Å². The molecule has 0 spiro atoms. The van der Waals surface area contributed by atoms with Crippen LogP contribution in [0.3, 0.4) is 0 Å². The predicted octanol–water partition coefficient (Wildman–Crippen LogP) is 23.4. The lowest BCUT2D eigenvalue weighted by molar-refractivity contribution is 0.0363. The summed E-state index contributed by atoms with van der Waals surface area (Å²) in [5.74, 6) is 5.12. The Morgan fingerprint density at radius 3 is 0.455 bits per heavy atom. The van der Waals surface area contributed by atoms with Crippen molar-refractivity contribution >= 4 is 38.8 Å². The normalized spacial score (nSPS) is 14.4. The topological polar surface area (TPSA) is 83.1 Å². The van der Waals surface area contributed by atoms with Crippen LogP contribution in [0.4, 0.5) is 0 Å². The molecule has 4 aromatic carbocycles. The second-order valence-electron chi connectivity index (χ2n) is 44.1. The highest BCUT2D eigenvalue weighted by molar-refractivity contribution is 6.93. The maximum atomic E-state index is 8.94. The molecule has 11 heteroatoms. The van der Waals surface area contributed by atoms with Gasteiger partial charge in [-0.05, 0) is 230 Å². The van der Waals surface area contributed by atoms with E-state index in [2.05, 4.69) is 350 Å². The largest absolute Gasteiger partial charge is 0.484 e. The van der Waals surface area contributed by atoms with E-state index in [1.165, 1.54) is 0 Å². The molecule has 0 bridgehead atoms. The highest BCUT2D eigenvalue weighted by atomic mass is 28.4. The van der Waals surface area contributed by atoms with Gasteiger partial charge in [0.1, 0.15) is 44.8 Å². The summed E-state index contributed by atoms with van der Waals surface area (Å²) >= 11 is 0. The van der Waals surface area contributed by atoms with Crippen molar-refractivity contribution in [1.29, 1.82) is 0 Å². The first-order chi connectivity index (χ1) is 43.8. The molecule has 0 aliphatic heterocycles. The van der Waals surface area contributed by atoms with Crippen LogP contribution in [0.15, 0.2) is 72.8 Å². The molecule has 0 N–H and O–H groups in total. The van der Waals surface area contributed by atoms with Crippen LogP contribution in [0.25, 0.3) is 0 Å². The molecule has 4 aromatic rings. The lowest BCUT2D eigenvalue weighted by Gasteiger charge is -2.40. The quantitative estimate of drug-likeness (QED) is 0.0474. The van der Waals surface area contributed by atoms with Crippen molar-refractivity contribution in [3.05, 3.63) is 72.8 Å². The minimum atomic E-state index is -2.78. The summed E-state index contributed by atoms with van der Waals surface area (Å²) in [5.41, 5.74) is -5.92. The lowest BCUT2D eigenvalue weighted by atomic mass is 9.83. The smallest absolute Gasteiger partial charge is 0.280 e. The third-order valence-electron chi connectivity index (χ3n) is 15.8. The van der Waals surface area contributed by atoms with Crippen molar-refractivity contribution in [2.45, 2.75) is 373 Å². The molecular formula is C88H148O9Si2. The van der Waals surface area contributed by atoms with Crippen LogP contribution in [0.5, 0.6) is 46.0 Å². The van der Waals surface area contributed by atoms with Gasteiger partial charge in [-0.15, -0.1) is 0 Å². The summed E-state index contributed by atoms with van der Waals surface area (Å²) in [7, 11) is -5.56. The van der Waals surface area contributed by atoms with Gasteiger partial charge in [0.15, 0.2) is 46.0 Å². The molecule has 562 valence electrons. The van der Waals surface area contributed by atoms with E-state index in [4.69, 9.17) is 42.0 Å². The molecule has 0 unspecified atom stereocenters. The highest BCUT2D eigenvalue weighted by Crippen LogP contribution is 2.46. The molecule has 0 aliphatic carbocycles. The van der Waals surface area contributed by atoms with Crippen molar-refractivity contribution in [3.63, 3.8) is 0 Å². The molecule has 99 heavy (non-hydrogen) atoms. The summed E-state index contributed by atoms with van der Waals surface area (Å²) in [6.07, 6.45) is 6.08. The van der Waals surface area contributed by atoms with Crippen LogP contribution in [-0.4, -0.2) is 62.9 Å². The minimum Gasteiger partial charge on any atom is -0.484 e. The summed E-state index contributed by atoms with van der Waals surface area (Å²) in [4.78, 5) is 0. The van der Waals surface area contributed by atoms with Crippen molar-refractivity contribution in [1.82, 2.24) is 0 Å². The van der Waals surface area contributed by atoms with Crippen LogP contribution < -0.4 is 58.6 Å². The van der Waals surface area contributed by atoms with E-state index in [-0.39, 0.29) is 43.3 Å².